The minimum absolute atomic E-state index is 0.0274. The zero-order chi connectivity index (χ0) is 14.3. The summed E-state index contributed by atoms with van der Waals surface area (Å²) in [7, 11) is 1.55. The number of nitrogens with one attached hydrogen (secondary N) is 1. The monoisotopic (exact) mass is 270 g/mol. The number of carbonyl (C=O) groups is 1. The molecule has 1 aromatic rings. The quantitative estimate of drug-likeness (QED) is 0.769. The molecule has 0 spiro atoms. The third-order valence-electron chi connectivity index (χ3n) is 2.44. The van der Waals surface area contributed by atoms with Gasteiger partial charge in [0.25, 0.3) is 5.91 Å². The fourth-order valence-electron chi connectivity index (χ4n) is 1.62. The second kappa shape index (κ2) is 7.70. The number of methoxy groups -OCH3 is 1. The number of hydrogen-bond donors (Lipinski definition) is 2. The Balaban J connectivity index is 2.55. The topological polar surface area (TPSA) is 73.6 Å². The van der Waals surface area contributed by atoms with E-state index in [4.69, 9.17) is 15.2 Å². The van der Waals surface area contributed by atoms with E-state index >= 15 is 0 Å². The molecular weight excluding hydrogens is 251 g/mol. The zero-order valence-electron chi connectivity index (χ0n) is 11.1. The van der Waals surface area contributed by atoms with Crippen molar-refractivity contribution in [2.24, 2.45) is 5.73 Å². The van der Waals surface area contributed by atoms with Gasteiger partial charge in [-0.3, -0.25) is 4.79 Å². The molecule has 0 bridgehead atoms. The largest absolute Gasteiger partial charge is 0.480 e. The van der Waals surface area contributed by atoms with Crippen LogP contribution in [0.15, 0.2) is 18.2 Å². The maximum Gasteiger partial charge on any atom is 0.258 e. The summed E-state index contributed by atoms with van der Waals surface area (Å²) in [4.78, 5) is 11.6. The van der Waals surface area contributed by atoms with Gasteiger partial charge in [0, 0.05) is 25.3 Å². The summed E-state index contributed by atoms with van der Waals surface area (Å²) in [5.74, 6) is -0.837. The average Bonchev–Trinajstić information content (AvgIpc) is 2.37. The molecule has 0 saturated heterocycles. The predicted molar refractivity (Wildman–Crippen MR) is 69.3 cm³/mol. The number of benzene rings is 1. The number of carbonyl (C=O) groups excluding carboxylic acids is 1. The van der Waals surface area contributed by atoms with Crippen molar-refractivity contribution in [2.45, 2.75) is 19.5 Å². The molecule has 1 rings (SSSR count). The van der Waals surface area contributed by atoms with E-state index in [1.807, 2.05) is 0 Å². The summed E-state index contributed by atoms with van der Waals surface area (Å²) in [5.41, 5.74) is 6.01. The first-order valence-electron chi connectivity index (χ1n) is 5.97. The Bertz CT molecular complexity index is 426. The lowest BCUT2D eigenvalue weighted by molar-refractivity contribution is -0.124. The van der Waals surface area contributed by atoms with Crippen molar-refractivity contribution in [1.29, 1.82) is 0 Å². The lowest BCUT2D eigenvalue weighted by Gasteiger charge is -2.14. The molecule has 106 valence electrons. The van der Waals surface area contributed by atoms with Gasteiger partial charge < -0.3 is 20.5 Å². The van der Waals surface area contributed by atoms with Crippen LogP contribution in [-0.4, -0.2) is 32.3 Å². The molecule has 3 N–H and O–H groups in total. The van der Waals surface area contributed by atoms with Crippen LogP contribution in [0.3, 0.4) is 0 Å². The Morgan fingerprint density at radius 3 is 2.89 bits per heavy atom. The highest BCUT2D eigenvalue weighted by Crippen LogP contribution is 2.21. The summed E-state index contributed by atoms with van der Waals surface area (Å²) in [5, 5.41) is 2.67. The fraction of sp³-hybridized carbons (Fsp3) is 0.462. The molecule has 0 aliphatic heterocycles. The maximum absolute atomic E-state index is 13.5. The molecule has 0 aliphatic carbocycles. The third kappa shape index (κ3) is 4.84. The molecule has 1 unspecified atom stereocenters. The van der Waals surface area contributed by atoms with Gasteiger partial charge in [-0.1, -0.05) is 12.1 Å². The Labute approximate surface area is 111 Å². The smallest absolute Gasteiger partial charge is 0.258 e. The Kier molecular flexibility index (Phi) is 6.24. The van der Waals surface area contributed by atoms with Gasteiger partial charge in [-0.15, -0.1) is 0 Å². The van der Waals surface area contributed by atoms with E-state index in [9.17, 15) is 9.18 Å². The number of nitrogens with two attached hydrogens (primary N) is 1. The minimum Gasteiger partial charge on any atom is -0.480 e. The van der Waals surface area contributed by atoms with E-state index in [2.05, 4.69) is 5.32 Å². The highest BCUT2D eigenvalue weighted by atomic mass is 19.1. The molecule has 1 amide bonds. The lowest BCUT2D eigenvalue weighted by atomic mass is 10.2. The Hall–Kier alpha value is -1.66. The van der Waals surface area contributed by atoms with Crippen LogP contribution < -0.4 is 15.8 Å². The zero-order valence-corrected chi connectivity index (χ0v) is 11.1. The van der Waals surface area contributed by atoms with Crippen LogP contribution in [0.25, 0.3) is 0 Å². The first-order valence-corrected chi connectivity index (χ1v) is 5.97. The van der Waals surface area contributed by atoms with Gasteiger partial charge in [-0.2, -0.15) is 0 Å². The maximum atomic E-state index is 13.5. The molecule has 6 heteroatoms. The van der Waals surface area contributed by atoms with E-state index in [0.29, 0.717) is 12.2 Å². The summed E-state index contributed by atoms with van der Waals surface area (Å²) in [6.07, 6.45) is 0. The molecule has 0 heterocycles. The molecular formula is C13H19FN2O3. The highest BCUT2D eigenvalue weighted by molar-refractivity contribution is 5.77. The van der Waals surface area contributed by atoms with Crippen molar-refractivity contribution in [3.8, 4) is 5.75 Å². The van der Waals surface area contributed by atoms with Gasteiger partial charge in [0.1, 0.15) is 0 Å². The molecule has 0 fully saturated rings. The molecule has 1 aromatic carbocycles. The van der Waals surface area contributed by atoms with Crippen LogP contribution in [0.5, 0.6) is 5.75 Å². The van der Waals surface area contributed by atoms with Crippen LogP contribution in [0.2, 0.25) is 0 Å². The van der Waals surface area contributed by atoms with Gasteiger partial charge in [0.05, 0.1) is 6.61 Å². The van der Waals surface area contributed by atoms with Crippen molar-refractivity contribution >= 4 is 5.91 Å². The van der Waals surface area contributed by atoms with Gasteiger partial charge in [-0.05, 0) is 13.0 Å². The van der Waals surface area contributed by atoms with Gasteiger partial charge >= 0.3 is 0 Å². The molecule has 0 saturated carbocycles. The Morgan fingerprint density at radius 2 is 2.26 bits per heavy atom. The molecule has 1 atom stereocenters. The van der Waals surface area contributed by atoms with E-state index in [1.165, 1.54) is 6.07 Å². The SMILES string of the molecule is COCC(C)NC(=O)COc1c(F)cccc1CN. The minimum atomic E-state index is -0.527. The van der Waals surface area contributed by atoms with Crippen molar-refractivity contribution in [3.63, 3.8) is 0 Å². The van der Waals surface area contributed by atoms with Crippen molar-refractivity contribution < 1.29 is 18.7 Å². The molecule has 5 nitrogen and oxygen atoms in total. The number of halogens is 1. The van der Waals surface area contributed by atoms with E-state index < -0.39 is 5.82 Å². The predicted octanol–water partition coefficient (Wildman–Crippen LogP) is 0.814. The van der Waals surface area contributed by atoms with Crippen LogP contribution >= 0.6 is 0 Å². The fourth-order valence-corrected chi connectivity index (χ4v) is 1.62. The summed E-state index contributed by atoms with van der Waals surface area (Å²) in [6, 6.07) is 4.34. The Morgan fingerprint density at radius 1 is 1.53 bits per heavy atom. The van der Waals surface area contributed by atoms with Gasteiger partial charge in [-0.25, -0.2) is 4.39 Å². The number of amides is 1. The highest BCUT2D eigenvalue weighted by Gasteiger charge is 2.12. The number of rotatable bonds is 7. The first-order chi connectivity index (χ1) is 9.08. The first kappa shape index (κ1) is 15.4. The van der Waals surface area contributed by atoms with Crippen LogP contribution in [0, 0.1) is 5.82 Å². The number of hydrogen-bond acceptors (Lipinski definition) is 4. The summed E-state index contributed by atoms with van der Waals surface area (Å²) < 4.78 is 23.6. The number of para-hydroxylation sites is 1. The average molecular weight is 270 g/mol. The van der Waals surface area contributed by atoms with Crippen LogP contribution in [-0.2, 0) is 16.1 Å². The normalized spacial score (nSPS) is 12.0. The van der Waals surface area contributed by atoms with Gasteiger partial charge in [0.15, 0.2) is 18.2 Å². The molecule has 0 radical (unpaired) electrons. The van der Waals surface area contributed by atoms with Crippen molar-refractivity contribution in [3.05, 3.63) is 29.6 Å². The number of ether oxygens (including phenoxy) is 2. The van der Waals surface area contributed by atoms with Crippen molar-refractivity contribution in [1.82, 2.24) is 5.32 Å². The molecule has 0 aliphatic rings. The van der Waals surface area contributed by atoms with Crippen LogP contribution in [0.4, 0.5) is 4.39 Å². The van der Waals surface area contributed by atoms with E-state index in [1.54, 1.807) is 26.2 Å². The standard InChI is InChI=1S/C13H19FN2O3/c1-9(7-18-2)16-12(17)8-19-13-10(6-15)4-3-5-11(13)14/h3-5,9H,6-8,15H2,1-2H3,(H,16,17). The summed E-state index contributed by atoms with van der Waals surface area (Å²) in [6.45, 7) is 2.09. The second-order valence-electron chi connectivity index (χ2n) is 4.14. The lowest BCUT2D eigenvalue weighted by Crippen LogP contribution is -2.38. The van der Waals surface area contributed by atoms with Crippen LogP contribution in [0.1, 0.15) is 12.5 Å². The molecule has 0 aromatic heterocycles. The summed E-state index contributed by atoms with van der Waals surface area (Å²) >= 11 is 0. The molecule has 19 heavy (non-hydrogen) atoms. The van der Waals surface area contributed by atoms with Gasteiger partial charge in [0.2, 0.25) is 0 Å². The van der Waals surface area contributed by atoms with E-state index in [-0.39, 0.29) is 30.9 Å². The van der Waals surface area contributed by atoms with E-state index in [0.717, 1.165) is 0 Å². The second-order valence-corrected chi connectivity index (χ2v) is 4.14. The van der Waals surface area contributed by atoms with Crippen molar-refractivity contribution in [2.75, 3.05) is 20.3 Å². The third-order valence-corrected chi connectivity index (χ3v) is 2.44.